The number of primary amides is 1. The quantitative estimate of drug-likeness (QED) is 0.667. The Morgan fingerprint density at radius 3 is 2.50 bits per heavy atom. The predicted octanol–water partition coefficient (Wildman–Crippen LogP) is 2.27. The highest BCUT2D eigenvalue weighted by Crippen LogP contribution is 2.25. The Labute approximate surface area is 114 Å². The zero-order valence-electron chi connectivity index (χ0n) is 10.5. The van der Waals surface area contributed by atoms with E-state index in [-0.39, 0.29) is 23.6 Å². The highest BCUT2D eigenvalue weighted by Gasteiger charge is 2.15. The van der Waals surface area contributed by atoms with E-state index in [1.54, 1.807) is 0 Å². The fourth-order valence-corrected chi connectivity index (χ4v) is 1.68. The number of nitrogens with zero attached hydrogens (tertiary/aromatic N) is 1. The Balaban J connectivity index is 2.26. The van der Waals surface area contributed by atoms with Gasteiger partial charge in [0, 0.05) is 6.07 Å². The summed E-state index contributed by atoms with van der Waals surface area (Å²) in [5, 5.41) is 10.7. The van der Waals surface area contributed by atoms with Crippen LogP contribution in [0.2, 0.25) is 0 Å². The summed E-state index contributed by atoms with van der Waals surface area (Å²) in [6, 6.07) is 13.0. The van der Waals surface area contributed by atoms with Crippen molar-refractivity contribution in [2.75, 3.05) is 0 Å². The maximum absolute atomic E-state index is 11.3. The van der Waals surface area contributed by atoms with Crippen molar-refractivity contribution in [2.45, 2.75) is 6.61 Å². The molecular formula is C14H12N2O4. The average molecular weight is 272 g/mol. The lowest BCUT2D eigenvalue weighted by atomic mass is 10.1. The molecule has 0 aliphatic heterocycles. The number of hydrogen-bond donors (Lipinski definition) is 1. The molecule has 0 aliphatic rings. The number of nitro groups is 1. The van der Waals surface area contributed by atoms with Gasteiger partial charge in [-0.15, -0.1) is 0 Å². The van der Waals surface area contributed by atoms with Crippen LogP contribution < -0.4 is 10.5 Å². The van der Waals surface area contributed by atoms with E-state index in [0.717, 1.165) is 5.56 Å². The van der Waals surface area contributed by atoms with Crippen molar-refractivity contribution < 1.29 is 14.5 Å². The van der Waals surface area contributed by atoms with Crippen molar-refractivity contribution in [1.82, 2.24) is 0 Å². The van der Waals surface area contributed by atoms with Crippen LogP contribution in [0.15, 0.2) is 48.5 Å². The number of ether oxygens (including phenoxy) is 1. The molecule has 0 saturated carbocycles. The van der Waals surface area contributed by atoms with E-state index in [0.29, 0.717) is 0 Å². The van der Waals surface area contributed by atoms with E-state index in [4.69, 9.17) is 10.5 Å². The van der Waals surface area contributed by atoms with E-state index in [9.17, 15) is 14.9 Å². The summed E-state index contributed by atoms with van der Waals surface area (Å²) in [6.07, 6.45) is 0. The first kappa shape index (κ1) is 13.5. The van der Waals surface area contributed by atoms with Crippen molar-refractivity contribution >= 4 is 11.6 Å². The Kier molecular flexibility index (Phi) is 3.95. The van der Waals surface area contributed by atoms with Crippen LogP contribution in [0.25, 0.3) is 0 Å². The Bertz CT molecular complexity index is 641. The SMILES string of the molecule is NC(=O)c1ccc([N+](=O)[O-])cc1OCc1ccccc1. The second-order valence-corrected chi connectivity index (χ2v) is 4.08. The summed E-state index contributed by atoms with van der Waals surface area (Å²) in [4.78, 5) is 21.5. The number of hydrogen-bond acceptors (Lipinski definition) is 4. The van der Waals surface area contributed by atoms with Gasteiger partial charge >= 0.3 is 0 Å². The molecule has 0 unspecified atom stereocenters. The number of carbonyl (C=O) groups is 1. The number of carbonyl (C=O) groups excluding carboxylic acids is 1. The summed E-state index contributed by atoms with van der Waals surface area (Å²) >= 11 is 0. The lowest BCUT2D eigenvalue weighted by Crippen LogP contribution is -2.13. The summed E-state index contributed by atoms with van der Waals surface area (Å²) < 4.78 is 5.47. The molecule has 0 atom stereocenters. The fourth-order valence-electron chi connectivity index (χ4n) is 1.68. The van der Waals surface area contributed by atoms with Crippen LogP contribution in [-0.4, -0.2) is 10.8 Å². The zero-order chi connectivity index (χ0) is 14.5. The molecule has 2 rings (SSSR count). The predicted molar refractivity (Wildman–Crippen MR) is 72.4 cm³/mol. The number of non-ortho nitro benzene ring substituents is 1. The number of benzene rings is 2. The van der Waals surface area contributed by atoms with Crippen molar-refractivity contribution in [3.05, 3.63) is 69.8 Å². The van der Waals surface area contributed by atoms with Crippen LogP contribution in [0.4, 0.5) is 5.69 Å². The summed E-state index contributed by atoms with van der Waals surface area (Å²) in [5.41, 5.74) is 6.07. The first-order chi connectivity index (χ1) is 9.58. The molecule has 1 amide bonds. The largest absolute Gasteiger partial charge is 0.488 e. The first-order valence-electron chi connectivity index (χ1n) is 5.83. The van der Waals surface area contributed by atoms with Gasteiger partial charge < -0.3 is 10.5 Å². The molecular weight excluding hydrogens is 260 g/mol. The monoisotopic (exact) mass is 272 g/mol. The van der Waals surface area contributed by atoms with Crippen molar-refractivity contribution in [3.63, 3.8) is 0 Å². The Hall–Kier alpha value is -2.89. The van der Waals surface area contributed by atoms with Crippen molar-refractivity contribution in [2.24, 2.45) is 5.73 Å². The molecule has 0 aromatic heterocycles. The molecule has 6 heteroatoms. The van der Waals surface area contributed by atoms with Gasteiger partial charge in [0.25, 0.3) is 11.6 Å². The average Bonchev–Trinajstić information content (AvgIpc) is 2.45. The molecule has 0 heterocycles. The molecule has 0 aliphatic carbocycles. The van der Waals surface area contributed by atoms with Crippen LogP contribution >= 0.6 is 0 Å². The fraction of sp³-hybridized carbons (Fsp3) is 0.0714. The minimum absolute atomic E-state index is 0.107. The van der Waals surface area contributed by atoms with Gasteiger partial charge in [0.2, 0.25) is 0 Å². The van der Waals surface area contributed by atoms with E-state index in [2.05, 4.69) is 0 Å². The van der Waals surface area contributed by atoms with Crippen molar-refractivity contribution in [3.8, 4) is 5.75 Å². The maximum atomic E-state index is 11.3. The number of nitrogens with two attached hydrogens (primary N) is 1. The van der Waals surface area contributed by atoms with Crippen LogP contribution in [-0.2, 0) is 6.61 Å². The van der Waals surface area contributed by atoms with Gasteiger partial charge in [-0.1, -0.05) is 30.3 Å². The maximum Gasteiger partial charge on any atom is 0.273 e. The first-order valence-corrected chi connectivity index (χ1v) is 5.83. The molecule has 0 spiro atoms. The molecule has 0 radical (unpaired) electrons. The van der Waals surface area contributed by atoms with Gasteiger partial charge in [0.05, 0.1) is 16.6 Å². The Morgan fingerprint density at radius 2 is 1.90 bits per heavy atom. The lowest BCUT2D eigenvalue weighted by molar-refractivity contribution is -0.384. The van der Waals surface area contributed by atoms with Crippen LogP contribution in [0.1, 0.15) is 15.9 Å². The van der Waals surface area contributed by atoms with Crippen LogP contribution in [0, 0.1) is 10.1 Å². The number of rotatable bonds is 5. The van der Waals surface area contributed by atoms with Gasteiger partial charge in [-0.3, -0.25) is 14.9 Å². The molecule has 102 valence electrons. The van der Waals surface area contributed by atoms with Gasteiger partial charge in [-0.25, -0.2) is 0 Å². The molecule has 0 saturated heterocycles. The number of amides is 1. The third kappa shape index (κ3) is 3.11. The van der Waals surface area contributed by atoms with Gasteiger partial charge in [-0.2, -0.15) is 0 Å². The highest BCUT2D eigenvalue weighted by molar-refractivity contribution is 5.96. The van der Waals surface area contributed by atoms with E-state index in [1.807, 2.05) is 30.3 Å². The zero-order valence-corrected chi connectivity index (χ0v) is 10.5. The highest BCUT2D eigenvalue weighted by atomic mass is 16.6. The molecule has 2 aromatic rings. The second-order valence-electron chi connectivity index (χ2n) is 4.08. The summed E-state index contributed by atoms with van der Waals surface area (Å²) in [5.74, 6) is -0.585. The van der Waals surface area contributed by atoms with Crippen LogP contribution in [0.5, 0.6) is 5.75 Å². The number of nitro benzene ring substituents is 1. The molecule has 20 heavy (non-hydrogen) atoms. The van der Waals surface area contributed by atoms with Gasteiger partial charge in [-0.05, 0) is 11.6 Å². The van der Waals surface area contributed by atoms with E-state index in [1.165, 1.54) is 18.2 Å². The van der Waals surface area contributed by atoms with E-state index < -0.39 is 10.8 Å². The summed E-state index contributed by atoms with van der Waals surface area (Å²) in [7, 11) is 0. The molecule has 6 nitrogen and oxygen atoms in total. The third-order valence-electron chi connectivity index (χ3n) is 2.68. The molecule has 0 fully saturated rings. The molecule has 2 N–H and O–H groups in total. The topological polar surface area (TPSA) is 95.5 Å². The smallest absolute Gasteiger partial charge is 0.273 e. The van der Waals surface area contributed by atoms with E-state index >= 15 is 0 Å². The van der Waals surface area contributed by atoms with Gasteiger partial charge in [0.1, 0.15) is 12.4 Å². The van der Waals surface area contributed by atoms with Crippen LogP contribution in [0.3, 0.4) is 0 Å². The minimum atomic E-state index is -0.692. The molecule has 2 aromatic carbocycles. The third-order valence-corrected chi connectivity index (χ3v) is 2.68. The second kappa shape index (κ2) is 5.83. The minimum Gasteiger partial charge on any atom is -0.488 e. The standard InChI is InChI=1S/C14H12N2O4/c15-14(17)12-7-6-11(16(18)19)8-13(12)20-9-10-4-2-1-3-5-10/h1-8H,9H2,(H2,15,17). The van der Waals surface area contributed by atoms with Crippen molar-refractivity contribution in [1.29, 1.82) is 0 Å². The summed E-state index contributed by atoms with van der Waals surface area (Å²) in [6.45, 7) is 0.197. The molecule has 0 bridgehead atoms. The Morgan fingerprint density at radius 1 is 1.20 bits per heavy atom. The van der Waals surface area contributed by atoms with Gasteiger partial charge in [0.15, 0.2) is 0 Å². The normalized spacial score (nSPS) is 10.0. The lowest BCUT2D eigenvalue weighted by Gasteiger charge is -2.09.